The van der Waals surface area contributed by atoms with E-state index in [1.54, 1.807) is 43.5 Å². The smallest absolute Gasteiger partial charge is 0.295 e. The highest BCUT2D eigenvalue weighted by molar-refractivity contribution is 6.46. The van der Waals surface area contributed by atoms with Crippen LogP contribution in [0.25, 0.3) is 5.76 Å². The number of nitrogens with zero attached hydrogens (tertiary/aromatic N) is 2. The van der Waals surface area contributed by atoms with E-state index in [1.807, 2.05) is 25.9 Å². The first-order valence-corrected chi connectivity index (χ1v) is 11.2. The highest BCUT2D eigenvalue weighted by Crippen LogP contribution is 2.40. The van der Waals surface area contributed by atoms with Crippen LogP contribution in [0.15, 0.2) is 48.0 Å². The van der Waals surface area contributed by atoms with E-state index in [-0.39, 0.29) is 11.3 Å². The number of halogens is 1. The zero-order valence-electron chi connectivity index (χ0n) is 19.3. The second-order valence-electron chi connectivity index (χ2n) is 8.00. The van der Waals surface area contributed by atoms with E-state index in [4.69, 9.17) is 21.1 Å². The molecule has 7 nitrogen and oxygen atoms in total. The van der Waals surface area contributed by atoms with Gasteiger partial charge in [0.15, 0.2) is 0 Å². The lowest BCUT2D eigenvalue weighted by molar-refractivity contribution is -0.139. The molecule has 1 aliphatic rings. The predicted molar refractivity (Wildman–Crippen MR) is 128 cm³/mol. The first kappa shape index (κ1) is 24.6. The molecule has 0 radical (unpaired) electrons. The molecule has 1 heterocycles. The molecular formula is C25H29ClN2O5. The summed E-state index contributed by atoms with van der Waals surface area (Å²) < 4.78 is 10.7. The molecule has 1 atom stereocenters. The summed E-state index contributed by atoms with van der Waals surface area (Å²) in [4.78, 5) is 29.6. The Labute approximate surface area is 199 Å². The second kappa shape index (κ2) is 10.7. The summed E-state index contributed by atoms with van der Waals surface area (Å²) in [6.07, 6.45) is 0.682. The van der Waals surface area contributed by atoms with Gasteiger partial charge in [-0.3, -0.25) is 9.59 Å². The van der Waals surface area contributed by atoms with Crippen molar-refractivity contribution in [3.05, 3.63) is 64.2 Å². The Hall–Kier alpha value is -3.03. The van der Waals surface area contributed by atoms with Gasteiger partial charge in [-0.1, -0.05) is 23.7 Å². The molecule has 0 spiro atoms. The quantitative estimate of drug-likeness (QED) is 0.336. The highest BCUT2D eigenvalue weighted by Gasteiger charge is 2.45. The van der Waals surface area contributed by atoms with Crippen molar-refractivity contribution < 1.29 is 24.2 Å². The summed E-state index contributed by atoms with van der Waals surface area (Å²) in [5.41, 5.74) is 1.09. The van der Waals surface area contributed by atoms with Gasteiger partial charge in [0.25, 0.3) is 11.7 Å². The van der Waals surface area contributed by atoms with Gasteiger partial charge in [0, 0.05) is 12.1 Å². The molecule has 2 aromatic carbocycles. The monoisotopic (exact) mass is 472 g/mol. The van der Waals surface area contributed by atoms with Gasteiger partial charge in [-0.25, -0.2) is 0 Å². The minimum absolute atomic E-state index is 0.0373. The largest absolute Gasteiger partial charge is 0.507 e. The number of Topliss-reactive ketones (excluding diaryl/α,β-unsaturated/α-hetero) is 1. The molecule has 176 valence electrons. The van der Waals surface area contributed by atoms with E-state index in [9.17, 15) is 14.7 Å². The Kier molecular flexibility index (Phi) is 8.00. The minimum atomic E-state index is -0.719. The lowest BCUT2D eigenvalue weighted by atomic mass is 9.95. The number of likely N-dealkylation sites (tertiary alicyclic amines) is 1. The molecule has 1 amide bonds. The maximum absolute atomic E-state index is 13.1. The van der Waals surface area contributed by atoms with Crippen LogP contribution in [0.5, 0.6) is 11.5 Å². The number of aliphatic hydroxyl groups is 1. The number of hydrogen-bond donors (Lipinski definition) is 1. The molecule has 8 heteroatoms. The zero-order valence-corrected chi connectivity index (χ0v) is 20.1. The van der Waals surface area contributed by atoms with Gasteiger partial charge in [-0.15, -0.1) is 0 Å². The standard InChI is InChI=1S/C25H29ClN2O5/c1-5-33-20-12-9-17(15-19(20)26)23(29)21-22(16-7-10-18(32-4)11-8-16)28(25(31)24(21)30)14-6-13-27(2)3/h7-12,15,22,29H,5-6,13-14H2,1-4H3/b23-21+/t22-/m0/s1. The maximum Gasteiger partial charge on any atom is 0.295 e. The number of hydrogen-bond acceptors (Lipinski definition) is 6. The Bertz CT molecular complexity index is 1050. The molecule has 3 rings (SSSR count). The van der Waals surface area contributed by atoms with Crippen molar-refractivity contribution in [1.29, 1.82) is 0 Å². The molecule has 0 aromatic heterocycles. The zero-order chi connectivity index (χ0) is 24.1. The van der Waals surface area contributed by atoms with E-state index < -0.39 is 17.7 Å². The first-order valence-electron chi connectivity index (χ1n) is 10.8. The molecule has 0 bridgehead atoms. The van der Waals surface area contributed by atoms with Crippen LogP contribution in [0.2, 0.25) is 5.02 Å². The van der Waals surface area contributed by atoms with Crippen molar-refractivity contribution in [2.75, 3.05) is 40.9 Å². The van der Waals surface area contributed by atoms with E-state index in [2.05, 4.69) is 0 Å². The minimum Gasteiger partial charge on any atom is -0.507 e. The summed E-state index contributed by atoms with van der Waals surface area (Å²) in [5, 5.41) is 11.5. The lowest BCUT2D eigenvalue weighted by Crippen LogP contribution is -2.32. The van der Waals surface area contributed by atoms with Gasteiger partial charge in [0.1, 0.15) is 17.3 Å². The first-order chi connectivity index (χ1) is 15.8. The predicted octanol–water partition coefficient (Wildman–Crippen LogP) is 4.12. The Balaban J connectivity index is 2.08. The molecule has 1 aliphatic heterocycles. The van der Waals surface area contributed by atoms with Gasteiger partial charge in [0.2, 0.25) is 0 Å². The normalized spacial score (nSPS) is 17.6. The van der Waals surface area contributed by atoms with E-state index >= 15 is 0 Å². The third kappa shape index (κ3) is 5.31. The number of ether oxygens (including phenoxy) is 2. The van der Waals surface area contributed by atoms with Gasteiger partial charge in [0.05, 0.1) is 30.4 Å². The number of amides is 1. The number of ketones is 1. The van der Waals surface area contributed by atoms with Crippen molar-refractivity contribution in [2.24, 2.45) is 0 Å². The van der Waals surface area contributed by atoms with Crippen molar-refractivity contribution >= 4 is 29.1 Å². The van der Waals surface area contributed by atoms with Gasteiger partial charge in [-0.2, -0.15) is 0 Å². The maximum atomic E-state index is 13.1. The number of rotatable bonds is 9. The van der Waals surface area contributed by atoms with Crippen molar-refractivity contribution in [1.82, 2.24) is 9.80 Å². The SMILES string of the molecule is CCOc1ccc(/C(O)=C2\C(=O)C(=O)N(CCCN(C)C)[C@H]2c2ccc(OC)cc2)cc1Cl. The second-order valence-corrected chi connectivity index (χ2v) is 8.41. The van der Waals surface area contributed by atoms with Crippen molar-refractivity contribution in [3.63, 3.8) is 0 Å². The van der Waals surface area contributed by atoms with Crippen LogP contribution < -0.4 is 9.47 Å². The van der Waals surface area contributed by atoms with Crippen LogP contribution in [-0.2, 0) is 9.59 Å². The Morgan fingerprint density at radius 1 is 1.15 bits per heavy atom. The average molecular weight is 473 g/mol. The molecule has 1 fully saturated rings. The molecule has 0 saturated carbocycles. The van der Waals surface area contributed by atoms with Crippen molar-refractivity contribution in [2.45, 2.75) is 19.4 Å². The third-order valence-corrected chi connectivity index (χ3v) is 5.78. The Morgan fingerprint density at radius 2 is 1.85 bits per heavy atom. The summed E-state index contributed by atoms with van der Waals surface area (Å²) in [7, 11) is 5.47. The number of methoxy groups -OCH3 is 1. The number of carbonyl (C=O) groups is 2. The van der Waals surface area contributed by atoms with Crippen LogP contribution in [0.4, 0.5) is 0 Å². The number of carbonyl (C=O) groups excluding carboxylic acids is 2. The fraction of sp³-hybridized carbons (Fsp3) is 0.360. The topological polar surface area (TPSA) is 79.3 Å². The van der Waals surface area contributed by atoms with Gasteiger partial charge >= 0.3 is 0 Å². The van der Waals surface area contributed by atoms with E-state index in [0.717, 1.165) is 6.54 Å². The molecule has 33 heavy (non-hydrogen) atoms. The van der Waals surface area contributed by atoms with E-state index in [0.29, 0.717) is 47.2 Å². The average Bonchev–Trinajstić information content (AvgIpc) is 3.05. The van der Waals surface area contributed by atoms with Crippen LogP contribution in [0, 0.1) is 0 Å². The number of benzene rings is 2. The Morgan fingerprint density at radius 3 is 2.42 bits per heavy atom. The van der Waals surface area contributed by atoms with Gasteiger partial charge < -0.3 is 24.4 Å². The van der Waals surface area contributed by atoms with Crippen LogP contribution >= 0.6 is 11.6 Å². The lowest BCUT2D eigenvalue weighted by Gasteiger charge is -2.26. The van der Waals surface area contributed by atoms with Crippen LogP contribution in [0.1, 0.15) is 30.5 Å². The van der Waals surface area contributed by atoms with Gasteiger partial charge in [-0.05, 0) is 69.9 Å². The molecule has 0 unspecified atom stereocenters. The molecule has 0 aliphatic carbocycles. The summed E-state index contributed by atoms with van der Waals surface area (Å²) in [6, 6.07) is 11.2. The fourth-order valence-corrected chi connectivity index (χ4v) is 4.11. The molecule has 1 saturated heterocycles. The van der Waals surface area contributed by atoms with Crippen molar-refractivity contribution in [3.8, 4) is 11.5 Å². The van der Waals surface area contributed by atoms with Crippen LogP contribution in [0.3, 0.4) is 0 Å². The summed E-state index contributed by atoms with van der Waals surface area (Å²) >= 11 is 6.30. The summed E-state index contributed by atoms with van der Waals surface area (Å²) in [5.74, 6) is -0.487. The molecule has 2 aromatic rings. The summed E-state index contributed by atoms with van der Waals surface area (Å²) in [6.45, 7) is 3.42. The molecule has 1 N–H and O–H groups in total. The number of aliphatic hydroxyl groups excluding tert-OH is 1. The van der Waals surface area contributed by atoms with Crippen LogP contribution in [-0.4, -0.2) is 67.5 Å². The fourth-order valence-electron chi connectivity index (χ4n) is 3.88. The third-order valence-electron chi connectivity index (χ3n) is 5.48. The molecular weight excluding hydrogens is 444 g/mol. The highest BCUT2D eigenvalue weighted by atomic mass is 35.5. The van der Waals surface area contributed by atoms with E-state index in [1.165, 1.54) is 11.0 Å².